The lowest BCUT2D eigenvalue weighted by Crippen LogP contribution is -2.29. The van der Waals surface area contributed by atoms with Crippen LogP contribution < -0.4 is 4.90 Å². The van der Waals surface area contributed by atoms with Crippen LogP contribution in [0.5, 0.6) is 0 Å². The number of aldehydes is 1. The molecule has 0 bridgehead atoms. The molecule has 0 aliphatic carbocycles. The molecule has 0 spiro atoms. The Kier molecular flexibility index (Phi) is 4.20. The fraction of sp³-hybridized carbons (Fsp3) is 0.333. The van der Waals surface area contributed by atoms with Crippen molar-refractivity contribution >= 4 is 12.1 Å². The number of aliphatic hydroxyl groups is 1. The lowest BCUT2D eigenvalue weighted by atomic mass is 10.2. The average Bonchev–Trinajstić information content (AvgIpc) is 2.75. The molecule has 0 fully saturated rings. The normalized spacial score (nSPS) is 12.2. The van der Waals surface area contributed by atoms with Crippen LogP contribution in [0.3, 0.4) is 0 Å². The van der Waals surface area contributed by atoms with Gasteiger partial charge in [-0.3, -0.25) is 4.79 Å². The van der Waals surface area contributed by atoms with Crippen molar-refractivity contribution in [3.8, 4) is 5.69 Å². The van der Waals surface area contributed by atoms with Crippen LogP contribution in [0.25, 0.3) is 5.69 Å². The van der Waals surface area contributed by atoms with E-state index in [1.165, 1.54) is 0 Å². The standard InChI is InChI=1S/C15H19N3O2/c1-11(20)9-17(3)15-14(10-19)12(2)16-18(15)13-7-5-4-6-8-13/h4-8,10-11,20H,9H2,1-3H3. The minimum Gasteiger partial charge on any atom is -0.392 e. The molecular weight excluding hydrogens is 254 g/mol. The highest BCUT2D eigenvalue weighted by molar-refractivity contribution is 5.85. The number of carbonyl (C=O) groups is 1. The van der Waals surface area contributed by atoms with Crippen LogP contribution in [-0.4, -0.2) is 40.9 Å². The van der Waals surface area contributed by atoms with Gasteiger partial charge in [-0.25, -0.2) is 4.68 Å². The summed E-state index contributed by atoms with van der Waals surface area (Å²) >= 11 is 0. The van der Waals surface area contributed by atoms with Crippen LogP contribution in [0.1, 0.15) is 23.0 Å². The van der Waals surface area contributed by atoms with Crippen LogP contribution in [0, 0.1) is 6.92 Å². The molecule has 1 heterocycles. The van der Waals surface area contributed by atoms with Gasteiger partial charge in [0.05, 0.1) is 23.0 Å². The number of anilines is 1. The summed E-state index contributed by atoms with van der Waals surface area (Å²) in [5.74, 6) is 0.699. The van der Waals surface area contributed by atoms with Crippen molar-refractivity contribution in [3.05, 3.63) is 41.6 Å². The van der Waals surface area contributed by atoms with Gasteiger partial charge in [0.15, 0.2) is 6.29 Å². The predicted octanol–water partition coefficient (Wildman–Crippen LogP) is 1.81. The molecule has 0 aliphatic rings. The smallest absolute Gasteiger partial charge is 0.155 e. The van der Waals surface area contributed by atoms with Crippen molar-refractivity contribution in [1.29, 1.82) is 0 Å². The van der Waals surface area contributed by atoms with E-state index in [1.807, 2.05) is 49.2 Å². The van der Waals surface area contributed by atoms with Gasteiger partial charge >= 0.3 is 0 Å². The molecule has 0 saturated heterocycles. The van der Waals surface area contributed by atoms with Gasteiger partial charge in [-0.15, -0.1) is 0 Å². The summed E-state index contributed by atoms with van der Waals surface area (Å²) in [5, 5.41) is 14.0. The van der Waals surface area contributed by atoms with Crippen LogP contribution >= 0.6 is 0 Å². The van der Waals surface area contributed by atoms with Crippen LogP contribution in [-0.2, 0) is 0 Å². The third-order valence-electron chi connectivity index (χ3n) is 3.10. The van der Waals surface area contributed by atoms with Gasteiger partial charge < -0.3 is 10.0 Å². The van der Waals surface area contributed by atoms with E-state index in [4.69, 9.17) is 0 Å². The molecule has 2 aromatic rings. The van der Waals surface area contributed by atoms with E-state index >= 15 is 0 Å². The molecule has 1 unspecified atom stereocenters. The van der Waals surface area contributed by atoms with E-state index in [0.717, 1.165) is 12.0 Å². The van der Waals surface area contributed by atoms with Crippen molar-refractivity contribution in [2.45, 2.75) is 20.0 Å². The minimum atomic E-state index is -0.487. The number of nitrogens with zero attached hydrogens (tertiary/aromatic N) is 3. The third-order valence-corrected chi connectivity index (χ3v) is 3.10. The van der Waals surface area contributed by atoms with Gasteiger partial charge in [-0.2, -0.15) is 5.10 Å². The second kappa shape index (κ2) is 5.88. The Bertz CT molecular complexity index is 591. The van der Waals surface area contributed by atoms with E-state index in [0.29, 0.717) is 23.6 Å². The van der Waals surface area contributed by atoms with Gasteiger partial charge in [0.2, 0.25) is 0 Å². The van der Waals surface area contributed by atoms with E-state index in [-0.39, 0.29) is 0 Å². The van der Waals surface area contributed by atoms with Crippen LogP contribution in [0.4, 0.5) is 5.82 Å². The number of hydrogen-bond donors (Lipinski definition) is 1. The number of carbonyl (C=O) groups excluding carboxylic acids is 1. The highest BCUT2D eigenvalue weighted by Gasteiger charge is 2.20. The first-order valence-electron chi connectivity index (χ1n) is 6.54. The summed E-state index contributed by atoms with van der Waals surface area (Å²) in [6.07, 6.45) is 0.328. The van der Waals surface area contributed by atoms with Crippen molar-refractivity contribution in [2.75, 3.05) is 18.5 Å². The van der Waals surface area contributed by atoms with Gasteiger partial charge in [0.1, 0.15) is 5.82 Å². The number of para-hydroxylation sites is 1. The number of benzene rings is 1. The largest absolute Gasteiger partial charge is 0.392 e. The minimum absolute atomic E-state index is 0.429. The number of rotatable bonds is 5. The van der Waals surface area contributed by atoms with Gasteiger partial charge in [0, 0.05) is 13.6 Å². The molecule has 106 valence electrons. The Morgan fingerprint density at radius 1 is 1.40 bits per heavy atom. The molecule has 5 nitrogen and oxygen atoms in total. The highest BCUT2D eigenvalue weighted by Crippen LogP contribution is 2.25. The van der Waals surface area contributed by atoms with E-state index in [9.17, 15) is 9.90 Å². The first-order valence-corrected chi connectivity index (χ1v) is 6.54. The second-order valence-corrected chi connectivity index (χ2v) is 4.92. The van der Waals surface area contributed by atoms with Crippen molar-refractivity contribution in [1.82, 2.24) is 9.78 Å². The zero-order valence-electron chi connectivity index (χ0n) is 11.9. The van der Waals surface area contributed by atoms with Crippen LogP contribution in [0.2, 0.25) is 0 Å². The molecule has 2 rings (SSSR count). The lowest BCUT2D eigenvalue weighted by Gasteiger charge is -2.22. The third kappa shape index (κ3) is 2.72. The lowest BCUT2D eigenvalue weighted by molar-refractivity contribution is 0.112. The maximum atomic E-state index is 11.3. The quantitative estimate of drug-likeness (QED) is 0.844. The first-order chi connectivity index (χ1) is 9.54. The molecular formula is C15H19N3O2. The zero-order chi connectivity index (χ0) is 14.7. The number of hydrogen-bond acceptors (Lipinski definition) is 4. The summed E-state index contributed by atoms with van der Waals surface area (Å²) in [6, 6.07) is 9.64. The first kappa shape index (κ1) is 14.3. The molecule has 0 radical (unpaired) electrons. The van der Waals surface area contributed by atoms with Crippen molar-refractivity contribution in [2.24, 2.45) is 0 Å². The monoisotopic (exact) mass is 273 g/mol. The summed E-state index contributed by atoms with van der Waals surface area (Å²) in [5.41, 5.74) is 2.12. The topological polar surface area (TPSA) is 58.4 Å². The molecule has 1 aromatic heterocycles. The van der Waals surface area contributed by atoms with E-state index in [1.54, 1.807) is 11.6 Å². The van der Waals surface area contributed by atoms with Crippen LogP contribution in [0.15, 0.2) is 30.3 Å². The SMILES string of the molecule is Cc1nn(-c2ccccc2)c(N(C)CC(C)O)c1C=O. The second-order valence-electron chi connectivity index (χ2n) is 4.92. The maximum Gasteiger partial charge on any atom is 0.155 e. The van der Waals surface area contributed by atoms with E-state index in [2.05, 4.69) is 5.10 Å². The summed E-state index contributed by atoms with van der Waals surface area (Å²) in [6.45, 7) is 3.95. The maximum absolute atomic E-state index is 11.3. The molecule has 0 aliphatic heterocycles. The molecule has 0 amide bonds. The molecule has 1 aromatic carbocycles. The van der Waals surface area contributed by atoms with Crippen molar-refractivity contribution in [3.63, 3.8) is 0 Å². The Morgan fingerprint density at radius 3 is 2.60 bits per heavy atom. The Morgan fingerprint density at radius 2 is 2.05 bits per heavy atom. The van der Waals surface area contributed by atoms with Gasteiger partial charge in [-0.1, -0.05) is 18.2 Å². The zero-order valence-corrected chi connectivity index (χ0v) is 11.9. The van der Waals surface area contributed by atoms with Gasteiger partial charge in [-0.05, 0) is 26.0 Å². The summed E-state index contributed by atoms with van der Waals surface area (Å²) < 4.78 is 1.74. The predicted molar refractivity (Wildman–Crippen MR) is 78.6 cm³/mol. The van der Waals surface area contributed by atoms with E-state index < -0.39 is 6.10 Å². The summed E-state index contributed by atoms with van der Waals surface area (Å²) in [4.78, 5) is 13.2. The Hall–Kier alpha value is -2.14. The Balaban J connectivity index is 2.55. The molecule has 1 N–H and O–H groups in total. The fourth-order valence-electron chi connectivity index (χ4n) is 2.26. The molecule has 5 heteroatoms. The highest BCUT2D eigenvalue weighted by atomic mass is 16.3. The summed E-state index contributed by atoms with van der Waals surface area (Å²) in [7, 11) is 1.84. The fourth-order valence-corrected chi connectivity index (χ4v) is 2.26. The van der Waals surface area contributed by atoms with Crippen molar-refractivity contribution < 1.29 is 9.90 Å². The Labute approximate surface area is 118 Å². The molecule has 20 heavy (non-hydrogen) atoms. The average molecular weight is 273 g/mol. The number of aromatic nitrogens is 2. The number of aryl methyl sites for hydroxylation is 1. The number of likely N-dealkylation sites (N-methyl/N-ethyl adjacent to an activating group) is 1. The molecule has 1 atom stereocenters. The molecule has 0 saturated carbocycles. The number of aliphatic hydroxyl groups excluding tert-OH is 1. The van der Waals surface area contributed by atoms with Gasteiger partial charge in [0.25, 0.3) is 0 Å².